The number of aryl methyl sites for hydroxylation is 1. The molecular weight excluding hydrogens is 422 g/mol. The zero-order chi connectivity index (χ0) is 22.0. The Hall–Kier alpha value is -3.20. The molecule has 1 fully saturated rings. The lowest BCUT2D eigenvalue weighted by atomic mass is 9.98. The van der Waals surface area contributed by atoms with Gasteiger partial charge in [0.15, 0.2) is 0 Å². The Morgan fingerprint density at radius 1 is 1.10 bits per heavy atom. The molecule has 0 saturated carbocycles. The molecule has 1 unspecified atom stereocenters. The normalized spacial score (nSPS) is 16.2. The summed E-state index contributed by atoms with van der Waals surface area (Å²) in [5.41, 5.74) is 1.20. The van der Waals surface area contributed by atoms with E-state index in [1.807, 2.05) is 31.2 Å². The van der Waals surface area contributed by atoms with Crippen molar-refractivity contribution in [1.29, 1.82) is 0 Å². The zero-order valence-electron chi connectivity index (χ0n) is 16.8. The molecule has 0 bridgehead atoms. The number of carbonyl (C=O) groups excluding carboxylic acids is 2. The highest BCUT2D eigenvalue weighted by molar-refractivity contribution is 7.13. The number of rotatable bonds is 4. The van der Waals surface area contributed by atoms with Crippen LogP contribution in [0, 0.1) is 18.6 Å². The van der Waals surface area contributed by atoms with Gasteiger partial charge in [-0.15, -0.1) is 10.2 Å². The molecule has 160 valence electrons. The van der Waals surface area contributed by atoms with Gasteiger partial charge in [0.05, 0.1) is 0 Å². The molecule has 1 saturated heterocycles. The van der Waals surface area contributed by atoms with Crippen molar-refractivity contribution < 1.29 is 18.4 Å². The van der Waals surface area contributed by atoms with Crippen molar-refractivity contribution in [3.05, 3.63) is 75.2 Å². The predicted molar refractivity (Wildman–Crippen MR) is 113 cm³/mol. The molecular formula is C22H20F2N4O2S. The van der Waals surface area contributed by atoms with Crippen LogP contribution in [-0.2, 0) is 0 Å². The molecule has 1 aromatic heterocycles. The minimum atomic E-state index is -0.877. The molecule has 1 atom stereocenters. The number of nitrogens with one attached hydrogen (secondary N) is 1. The van der Waals surface area contributed by atoms with Gasteiger partial charge < -0.3 is 10.2 Å². The van der Waals surface area contributed by atoms with Crippen molar-refractivity contribution in [2.24, 2.45) is 0 Å². The van der Waals surface area contributed by atoms with Gasteiger partial charge in [-0.25, -0.2) is 8.78 Å². The molecule has 1 aliphatic heterocycles. The van der Waals surface area contributed by atoms with Crippen LogP contribution in [0.25, 0.3) is 0 Å². The van der Waals surface area contributed by atoms with Gasteiger partial charge >= 0.3 is 0 Å². The first-order valence-electron chi connectivity index (χ1n) is 9.87. The summed E-state index contributed by atoms with van der Waals surface area (Å²) in [6.07, 6.45) is 1.41. The Bertz CT molecular complexity index is 1100. The number of hydrogen-bond acceptors (Lipinski definition) is 5. The summed E-state index contributed by atoms with van der Waals surface area (Å²) in [4.78, 5) is 26.6. The van der Waals surface area contributed by atoms with Crippen molar-refractivity contribution >= 4 is 28.8 Å². The SMILES string of the molecule is Cc1ccc(NC(=O)c2nnc(C3CCCN(C(=O)c4c(F)cccc4F)C3)s2)cc1. The first-order chi connectivity index (χ1) is 14.9. The molecule has 0 spiro atoms. The number of carbonyl (C=O) groups is 2. The molecule has 2 amide bonds. The fourth-order valence-electron chi connectivity index (χ4n) is 3.54. The summed E-state index contributed by atoms with van der Waals surface area (Å²) >= 11 is 1.17. The van der Waals surface area contributed by atoms with Gasteiger partial charge in [0.25, 0.3) is 11.8 Å². The molecule has 0 aliphatic carbocycles. The van der Waals surface area contributed by atoms with E-state index in [0.717, 1.165) is 24.1 Å². The predicted octanol–water partition coefficient (Wildman–Crippen LogP) is 4.40. The Labute approximate surface area is 181 Å². The van der Waals surface area contributed by atoms with Crippen LogP contribution in [0.15, 0.2) is 42.5 Å². The third kappa shape index (κ3) is 4.61. The maximum absolute atomic E-state index is 14.0. The maximum atomic E-state index is 14.0. The summed E-state index contributed by atoms with van der Waals surface area (Å²) in [7, 11) is 0. The van der Waals surface area contributed by atoms with E-state index < -0.39 is 23.1 Å². The highest BCUT2D eigenvalue weighted by Crippen LogP contribution is 2.30. The molecule has 3 aromatic rings. The van der Waals surface area contributed by atoms with E-state index in [0.29, 0.717) is 23.7 Å². The van der Waals surface area contributed by atoms with E-state index in [4.69, 9.17) is 0 Å². The first-order valence-corrected chi connectivity index (χ1v) is 10.7. The number of likely N-dealkylation sites (tertiary alicyclic amines) is 1. The molecule has 6 nitrogen and oxygen atoms in total. The lowest BCUT2D eigenvalue weighted by molar-refractivity contribution is 0.0696. The Morgan fingerprint density at radius 3 is 2.52 bits per heavy atom. The third-order valence-corrected chi connectivity index (χ3v) is 6.26. The van der Waals surface area contributed by atoms with Crippen LogP contribution in [0.3, 0.4) is 0 Å². The lowest BCUT2D eigenvalue weighted by Crippen LogP contribution is -2.39. The second-order valence-electron chi connectivity index (χ2n) is 7.45. The summed E-state index contributed by atoms with van der Waals surface area (Å²) in [5, 5.41) is 11.8. The number of piperidine rings is 1. The Morgan fingerprint density at radius 2 is 1.81 bits per heavy atom. The molecule has 2 aromatic carbocycles. The number of anilines is 1. The van der Waals surface area contributed by atoms with Gasteiger partial charge in [0, 0.05) is 24.7 Å². The van der Waals surface area contributed by atoms with Gasteiger partial charge in [-0.05, 0) is 44.0 Å². The average molecular weight is 442 g/mol. The maximum Gasteiger partial charge on any atom is 0.286 e. The van der Waals surface area contributed by atoms with E-state index in [1.54, 1.807) is 0 Å². The largest absolute Gasteiger partial charge is 0.338 e. The van der Waals surface area contributed by atoms with E-state index in [9.17, 15) is 18.4 Å². The number of aromatic nitrogens is 2. The van der Waals surface area contributed by atoms with Crippen LogP contribution in [-0.4, -0.2) is 40.0 Å². The van der Waals surface area contributed by atoms with Crippen LogP contribution in [0.1, 0.15) is 49.5 Å². The van der Waals surface area contributed by atoms with Crippen LogP contribution < -0.4 is 5.32 Å². The minimum absolute atomic E-state index is 0.147. The average Bonchev–Trinajstić information content (AvgIpc) is 3.26. The number of nitrogens with zero attached hydrogens (tertiary/aromatic N) is 3. The third-order valence-electron chi connectivity index (χ3n) is 5.18. The number of hydrogen-bond donors (Lipinski definition) is 1. The van der Waals surface area contributed by atoms with Crippen LogP contribution in [0.4, 0.5) is 14.5 Å². The first kappa shape index (κ1) is 21.0. The zero-order valence-corrected chi connectivity index (χ0v) is 17.6. The molecule has 4 rings (SSSR count). The highest BCUT2D eigenvalue weighted by Gasteiger charge is 2.30. The van der Waals surface area contributed by atoms with Crippen LogP contribution in [0.2, 0.25) is 0 Å². The summed E-state index contributed by atoms with van der Waals surface area (Å²) in [5.74, 6) is -2.94. The summed E-state index contributed by atoms with van der Waals surface area (Å²) < 4.78 is 28.0. The summed E-state index contributed by atoms with van der Waals surface area (Å²) in [6, 6.07) is 10.8. The topological polar surface area (TPSA) is 75.2 Å². The number of halogens is 2. The van der Waals surface area contributed by atoms with Gasteiger partial charge in [-0.2, -0.15) is 0 Å². The summed E-state index contributed by atoms with van der Waals surface area (Å²) in [6.45, 7) is 2.63. The van der Waals surface area contributed by atoms with E-state index in [-0.39, 0.29) is 23.4 Å². The second-order valence-corrected chi connectivity index (χ2v) is 8.46. The van der Waals surface area contributed by atoms with Gasteiger partial charge in [-0.3, -0.25) is 9.59 Å². The molecule has 9 heteroatoms. The van der Waals surface area contributed by atoms with Crippen molar-refractivity contribution in [2.75, 3.05) is 18.4 Å². The second kappa shape index (κ2) is 8.89. The van der Waals surface area contributed by atoms with Gasteiger partial charge in [0.2, 0.25) is 5.01 Å². The Balaban J connectivity index is 1.45. The van der Waals surface area contributed by atoms with Crippen molar-refractivity contribution in [3.63, 3.8) is 0 Å². The van der Waals surface area contributed by atoms with Crippen molar-refractivity contribution in [2.45, 2.75) is 25.7 Å². The Kier molecular flexibility index (Phi) is 6.03. The monoisotopic (exact) mass is 442 g/mol. The molecule has 1 aliphatic rings. The molecule has 2 heterocycles. The van der Waals surface area contributed by atoms with E-state index in [2.05, 4.69) is 15.5 Å². The van der Waals surface area contributed by atoms with Gasteiger partial charge in [0.1, 0.15) is 22.2 Å². The van der Waals surface area contributed by atoms with E-state index in [1.165, 1.54) is 22.3 Å². The fourth-order valence-corrected chi connectivity index (χ4v) is 4.40. The highest BCUT2D eigenvalue weighted by atomic mass is 32.1. The molecule has 1 N–H and O–H groups in total. The fraction of sp³-hybridized carbons (Fsp3) is 0.273. The van der Waals surface area contributed by atoms with Crippen LogP contribution >= 0.6 is 11.3 Å². The number of amides is 2. The minimum Gasteiger partial charge on any atom is -0.338 e. The number of benzene rings is 2. The van der Waals surface area contributed by atoms with Crippen molar-refractivity contribution in [3.8, 4) is 0 Å². The molecule has 0 radical (unpaired) electrons. The smallest absolute Gasteiger partial charge is 0.286 e. The quantitative estimate of drug-likeness (QED) is 0.650. The lowest BCUT2D eigenvalue weighted by Gasteiger charge is -2.31. The standard InChI is InChI=1S/C22H20F2N4O2S/c1-13-7-9-15(10-8-13)25-19(29)21-27-26-20(31-21)14-4-3-11-28(12-14)22(30)18-16(23)5-2-6-17(18)24/h2,5-10,14H,3-4,11-12H2,1H3,(H,25,29). The molecule has 31 heavy (non-hydrogen) atoms. The van der Waals surface area contributed by atoms with Crippen molar-refractivity contribution in [1.82, 2.24) is 15.1 Å². The van der Waals surface area contributed by atoms with Gasteiger partial charge in [-0.1, -0.05) is 35.1 Å². The van der Waals surface area contributed by atoms with E-state index >= 15 is 0 Å². The van der Waals surface area contributed by atoms with Crippen LogP contribution in [0.5, 0.6) is 0 Å².